The van der Waals surface area contributed by atoms with E-state index in [1.807, 2.05) is 18.2 Å². The molecule has 0 aliphatic heterocycles. The molecule has 4 rings (SSSR count). The van der Waals surface area contributed by atoms with E-state index in [2.05, 4.69) is 30.9 Å². The van der Waals surface area contributed by atoms with Gasteiger partial charge in [0.05, 0.1) is 0 Å². The second-order valence-corrected chi connectivity index (χ2v) is 6.46. The number of nitrogens with zero attached hydrogens (tertiary/aromatic N) is 4. The van der Waals surface area contributed by atoms with Gasteiger partial charge in [0, 0.05) is 40.5 Å². The molecule has 8 nitrogen and oxygen atoms in total. The third-order valence-electron chi connectivity index (χ3n) is 3.92. The normalized spacial score (nSPS) is 10.4. The van der Waals surface area contributed by atoms with Gasteiger partial charge in [-0.05, 0) is 42.5 Å². The lowest BCUT2D eigenvalue weighted by Gasteiger charge is -2.10. The predicted octanol–water partition coefficient (Wildman–Crippen LogP) is 4.70. The second-order valence-electron chi connectivity index (χ2n) is 6.02. The summed E-state index contributed by atoms with van der Waals surface area (Å²) in [6.45, 7) is 0. The summed E-state index contributed by atoms with van der Waals surface area (Å²) in [4.78, 5) is 24.6. The van der Waals surface area contributed by atoms with Crippen LogP contribution in [0, 0.1) is 0 Å². The van der Waals surface area contributed by atoms with Crippen LogP contribution in [0.25, 0.3) is 5.82 Å². The van der Waals surface area contributed by atoms with Crippen molar-refractivity contribution in [2.45, 2.75) is 0 Å². The maximum Gasteiger partial charge on any atom is 0.323 e. The number of anilines is 4. The van der Waals surface area contributed by atoms with Crippen LogP contribution in [0.15, 0.2) is 79.6 Å². The van der Waals surface area contributed by atoms with Crippen molar-refractivity contribution in [3.05, 3.63) is 84.7 Å². The third kappa shape index (κ3) is 4.88. The summed E-state index contributed by atoms with van der Waals surface area (Å²) in [5.74, 6) is 1.35. The molecule has 2 amide bonds. The third-order valence-corrected chi connectivity index (χ3v) is 4.15. The zero-order valence-corrected chi connectivity index (χ0v) is 15.8. The smallest absolute Gasteiger partial charge is 0.323 e. The van der Waals surface area contributed by atoms with Crippen molar-refractivity contribution in [2.24, 2.45) is 0 Å². The van der Waals surface area contributed by atoms with Crippen molar-refractivity contribution >= 4 is 40.5 Å². The van der Waals surface area contributed by atoms with Gasteiger partial charge in [0.1, 0.15) is 24.3 Å². The first-order valence-corrected chi connectivity index (χ1v) is 9.04. The molecule has 2 heterocycles. The highest BCUT2D eigenvalue weighted by Gasteiger charge is 2.05. The summed E-state index contributed by atoms with van der Waals surface area (Å²) in [5, 5.41) is 9.26. The molecule has 0 atom stereocenters. The second kappa shape index (κ2) is 8.41. The van der Waals surface area contributed by atoms with E-state index in [1.165, 1.54) is 6.33 Å². The molecule has 0 radical (unpaired) electrons. The summed E-state index contributed by atoms with van der Waals surface area (Å²) in [5.41, 5.74) is 2.09. The molecule has 0 unspecified atom stereocenters. The number of amides is 2. The Balaban J connectivity index is 1.38. The summed E-state index contributed by atoms with van der Waals surface area (Å²) in [6.07, 6.45) is 6.64. The van der Waals surface area contributed by atoms with Gasteiger partial charge in [-0.3, -0.25) is 4.57 Å². The van der Waals surface area contributed by atoms with Crippen molar-refractivity contribution < 1.29 is 4.79 Å². The van der Waals surface area contributed by atoms with E-state index in [9.17, 15) is 4.79 Å². The van der Waals surface area contributed by atoms with Crippen molar-refractivity contribution in [3.8, 4) is 5.82 Å². The minimum Gasteiger partial charge on any atom is -0.340 e. The minimum absolute atomic E-state index is 0.353. The van der Waals surface area contributed by atoms with Crippen LogP contribution in [0.3, 0.4) is 0 Å². The Morgan fingerprint density at radius 1 is 0.931 bits per heavy atom. The average Bonchev–Trinajstić information content (AvgIpc) is 3.25. The molecule has 0 aliphatic carbocycles. The Bertz CT molecular complexity index is 1110. The molecule has 2 aromatic carbocycles. The number of hydrogen-bond donors (Lipinski definition) is 3. The molecule has 4 aromatic rings. The number of benzene rings is 2. The lowest BCUT2D eigenvalue weighted by atomic mass is 10.2. The largest absolute Gasteiger partial charge is 0.340 e. The first-order chi connectivity index (χ1) is 14.2. The van der Waals surface area contributed by atoms with Gasteiger partial charge in [-0.2, -0.15) is 0 Å². The van der Waals surface area contributed by atoms with Gasteiger partial charge >= 0.3 is 6.03 Å². The SMILES string of the molecule is O=C(Nc1ccc(Nc2cc(-n3ccnc3)ncn2)cc1)Nc1cccc(Cl)c1. The Morgan fingerprint density at radius 2 is 1.72 bits per heavy atom. The molecule has 2 aromatic heterocycles. The first kappa shape index (κ1) is 18.5. The van der Waals surface area contributed by atoms with Crippen LogP contribution in [0.4, 0.5) is 27.7 Å². The van der Waals surface area contributed by atoms with E-state index < -0.39 is 0 Å². The Hall–Kier alpha value is -3.91. The lowest BCUT2D eigenvalue weighted by Crippen LogP contribution is -2.19. The van der Waals surface area contributed by atoms with Gasteiger partial charge in [0.15, 0.2) is 0 Å². The quantitative estimate of drug-likeness (QED) is 0.447. The molecule has 0 bridgehead atoms. The molecular weight excluding hydrogens is 390 g/mol. The minimum atomic E-state index is -0.353. The van der Waals surface area contributed by atoms with Crippen LogP contribution in [-0.2, 0) is 0 Å². The molecular formula is C20H16ClN7O. The molecule has 0 saturated carbocycles. The topological polar surface area (TPSA) is 96.8 Å². The number of rotatable bonds is 5. The fourth-order valence-corrected chi connectivity index (χ4v) is 2.79. The number of carbonyl (C=O) groups excluding carboxylic acids is 1. The highest BCUT2D eigenvalue weighted by atomic mass is 35.5. The summed E-state index contributed by atoms with van der Waals surface area (Å²) in [6, 6.07) is 15.7. The van der Waals surface area contributed by atoms with Gasteiger partial charge in [-0.1, -0.05) is 17.7 Å². The zero-order chi connectivity index (χ0) is 20.1. The maximum atomic E-state index is 12.1. The van der Waals surface area contributed by atoms with Gasteiger partial charge in [-0.15, -0.1) is 0 Å². The summed E-state index contributed by atoms with van der Waals surface area (Å²) in [7, 11) is 0. The zero-order valence-electron chi connectivity index (χ0n) is 15.1. The van der Waals surface area contributed by atoms with Gasteiger partial charge < -0.3 is 16.0 Å². The molecule has 9 heteroatoms. The molecule has 0 fully saturated rings. The molecule has 144 valence electrons. The number of carbonyl (C=O) groups is 1. The molecule has 3 N–H and O–H groups in total. The van der Waals surface area contributed by atoms with E-state index in [1.54, 1.807) is 59.7 Å². The van der Waals surface area contributed by atoms with Gasteiger partial charge in [0.2, 0.25) is 0 Å². The van der Waals surface area contributed by atoms with E-state index in [0.29, 0.717) is 28.0 Å². The van der Waals surface area contributed by atoms with Crippen LogP contribution in [0.2, 0.25) is 5.02 Å². The highest BCUT2D eigenvalue weighted by Crippen LogP contribution is 2.19. The molecule has 0 saturated heterocycles. The number of urea groups is 1. The van der Waals surface area contributed by atoms with Gasteiger partial charge in [0.25, 0.3) is 0 Å². The van der Waals surface area contributed by atoms with Crippen molar-refractivity contribution in [1.29, 1.82) is 0 Å². The maximum absolute atomic E-state index is 12.1. The van der Waals surface area contributed by atoms with Crippen LogP contribution < -0.4 is 16.0 Å². The van der Waals surface area contributed by atoms with Crippen molar-refractivity contribution in [1.82, 2.24) is 19.5 Å². The highest BCUT2D eigenvalue weighted by molar-refractivity contribution is 6.30. The van der Waals surface area contributed by atoms with Crippen LogP contribution in [0.1, 0.15) is 0 Å². The molecule has 0 spiro atoms. The fourth-order valence-electron chi connectivity index (χ4n) is 2.60. The predicted molar refractivity (Wildman–Crippen MR) is 113 cm³/mol. The van der Waals surface area contributed by atoms with E-state index >= 15 is 0 Å². The standard InChI is InChI=1S/C20H16ClN7O/c21-14-2-1-3-17(10-14)27-20(29)26-16-6-4-15(5-7-16)25-18-11-19(24-12-23-18)28-9-8-22-13-28/h1-13H,(H,23,24,25)(H2,26,27,29). The Kier molecular flexibility index (Phi) is 5.35. The number of hydrogen-bond acceptors (Lipinski definition) is 5. The van der Waals surface area contributed by atoms with Crippen LogP contribution in [-0.4, -0.2) is 25.6 Å². The first-order valence-electron chi connectivity index (χ1n) is 8.67. The lowest BCUT2D eigenvalue weighted by molar-refractivity contribution is 0.262. The van der Waals surface area contributed by atoms with Gasteiger partial charge in [-0.25, -0.2) is 19.7 Å². The average molecular weight is 406 g/mol. The summed E-state index contributed by atoms with van der Waals surface area (Å²) < 4.78 is 1.79. The number of aromatic nitrogens is 4. The fraction of sp³-hybridized carbons (Fsp3) is 0. The van der Waals surface area contributed by atoms with E-state index in [4.69, 9.17) is 11.6 Å². The number of halogens is 1. The number of nitrogens with one attached hydrogen (secondary N) is 3. The molecule has 0 aliphatic rings. The van der Waals surface area contributed by atoms with Crippen molar-refractivity contribution in [2.75, 3.05) is 16.0 Å². The van der Waals surface area contributed by atoms with E-state index in [-0.39, 0.29) is 6.03 Å². The Labute approximate surface area is 171 Å². The summed E-state index contributed by atoms with van der Waals surface area (Å²) >= 11 is 5.92. The molecule has 29 heavy (non-hydrogen) atoms. The van der Waals surface area contributed by atoms with Crippen LogP contribution >= 0.6 is 11.6 Å². The monoisotopic (exact) mass is 405 g/mol. The number of imidazole rings is 1. The van der Waals surface area contributed by atoms with Crippen LogP contribution in [0.5, 0.6) is 0 Å². The Morgan fingerprint density at radius 3 is 2.48 bits per heavy atom. The van der Waals surface area contributed by atoms with E-state index in [0.717, 1.165) is 5.69 Å². The van der Waals surface area contributed by atoms with Crippen molar-refractivity contribution in [3.63, 3.8) is 0 Å².